The quantitative estimate of drug-likeness (QED) is 0.434. The molecule has 35 heavy (non-hydrogen) atoms. The van der Waals surface area contributed by atoms with Crippen LogP contribution in [0.1, 0.15) is 32.8 Å². The van der Waals surface area contributed by atoms with Gasteiger partial charge in [-0.05, 0) is 44.5 Å². The van der Waals surface area contributed by atoms with Crippen molar-refractivity contribution >= 4 is 50.7 Å². The fourth-order valence-corrected chi connectivity index (χ4v) is 4.97. The number of ether oxygens (including phenoxy) is 1. The third-order valence-corrected chi connectivity index (χ3v) is 7.07. The zero-order chi connectivity index (χ0) is 26.2. The summed E-state index contributed by atoms with van der Waals surface area (Å²) in [6.45, 7) is 5.40. The van der Waals surface area contributed by atoms with Gasteiger partial charge in [-0.25, -0.2) is 8.42 Å². The summed E-state index contributed by atoms with van der Waals surface area (Å²) in [5, 5.41) is 3.41. The highest BCUT2D eigenvalue weighted by Gasteiger charge is 2.33. The molecule has 0 aromatic heterocycles. The van der Waals surface area contributed by atoms with Crippen LogP contribution in [0.15, 0.2) is 42.5 Å². The largest absolute Gasteiger partial charge is 0.492 e. The zero-order valence-electron chi connectivity index (χ0n) is 20.3. The fraction of sp³-hybridized carbons (Fsp3) is 0.417. The third kappa shape index (κ3) is 7.49. The van der Waals surface area contributed by atoms with Crippen molar-refractivity contribution in [1.82, 2.24) is 10.2 Å². The topological polar surface area (TPSA) is 96.0 Å². The second-order valence-electron chi connectivity index (χ2n) is 7.71. The summed E-state index contributed by atoms with van der Waals surface area (Å²) >= 11 is 12.7. The second kappa shape index (κ2) is 13.0. The maximum absolute atomic E-state index is 13.7. The Hall–Kier alpha value is -2.49. The minimum Gasteiger partial charge on any atom is -0.492 e. The lowest BCUT2D eigenvalue weighted by atomic mass is 10.1. The minimum absolute atomic E-state index is 0.0717. The number of nitrogens with one attached hydrogen (secondary N) is 1. The predicted molar refractivity (Wildman–Crippen MR) is 140 cm³/mol. The number of halogens is 2. The summed E-state index contributed by atoms with van der Waals surface area (Å²) in [5.41, 5.74) is 0.694. The van der Waals surface area contributed by atoms with Gasteiger partial charge in [0.1, 0.15) is 18.3 Å². The van der Waals surface area contributed by atoms with Crippen LogP contribution in [0.3, 0.4) is 0 Å². The molecule has 1 N–H and O–H groups in total. The van der Waals surface area contributed by atoms with E-state index >= 15 is 0 Å². The summed E-state index contributed by atoms with van der Waals surface area (Å²) in [6, 6.07) is 10.7. The number of anilines is 1. The highest BCUT2D eigenvalue weighted by molar-refractivity contribution is 7.92. The van der Waals surface area contributed by atoms with Crippen LogP contribution in [0.5, 0.6) is 5.75 Å². The van der Waals surface area contributed by atoms with Gasteiger partial charge in [0.05, 0.1) is 18.6 Å². The van der Waals surface area contributed by atoms with Crippen LogP contribution in [0, 0.1) is 0 Å². The average Bonchev–Trinajstić information content (AvgIpc) is 2.79. The van der Waals surface area contributed by atoms with Gasteiger partial charge in [-0.3, -0.25) is 13.9 Å². The van der Waals surface area contributed by atoms with Gasteiger partial charge < -0.3 is 15.0 Å². The maximum Gasteiger partial charge on any atom is 0.244 e. The van der Waals surface area contributed by atoms with Crippen molar-refractivity contribution < 1.29 is 22.7 Å². The molecule has 8 nitrogen and oxygen atoms in total. The maximum atomic E-state index is 13.7. The number of rotatable bonds is 12. The number of hydrogen-bond acceptors (Lipinski definition) is 5. The molecule has 0 bridgehead atoms. The van der Waals surface area contributed by atoms with Crippen molar-refractivity contribution in [2.45, 2.75) is 39.8 Å². The van der Waals surface area contributed by atoms with E-state index in [2.05, 4.69) is 5.32 Å². The lowest BCUT2D eigenvalue weighted by molar-refractivity contribution is -0.140. The summed E-state index contributed by atoms with van der Waals surface area (Å²) in [4.78, 5) is 27.9. The number of para-hydroxylation sites is 2. The molecule has 0 aliphatic carbocycles. The van der Waals surface area contributed by atoms with Crippen LogP contribution in [-0.2, 0) is 26.2 Å². The van der Waals surface area contributed by atoms with Crippen LogP contribution in [0.25, 0.3) is 0 Å². The van der Waals surface area contributed by atoms with Gasteiger partial charge in [0.2, 0.25) is 21.8 Å². The van der Waals surface area contributed by atoms with E-state index in [1.54, 1.807) is 63.2 Å². The average molecular weight is 545 g/mol. The van der Waals surface area contributed by atoms with Crippen molar-refractivity contribution in [2.75, 3.05) is 30.3 Å². The smallest absolute Gasteiger partial charge is 0.244 e. The van der Waals surface area contributed by atoms with Gasteiger partial charge in [-0.2, -0.15) is 0 Å². The first-order valence-corrected chi connectivity index (χ1v) is 13.8. The first kappa shape index (κ1) is 28.7. The first-order chi connectivity index (χ1) is 16.5. The van der Waals surface area contributed by atoms with Gasteiger partial charge in [-0.1, -0.05) is 48.3 Å². The Balaban J connectivity index is 2.53. The van der Waals surface area contributed by atoms with E-state index in [0.29, 0.717) is 40.9 Å². The highest BCUT2D eigenvalue weighted by atomic mass is 35.5. The van der Waals surface area contributed by atoms with Crippen molar-refractivity contribution in [1.29, 1.82) is 0 Å². The molecule has 192 valence electrons. The lowest BCUT2D eigenvalue weighted by Gasteiger charge is -2.33. The van der Waals surface area contributed by atoms with Crippen LogP contribution in [0.2, 0.25) is 10.0 Å². The molecule has 2 aromatic carbocycles. The second-order valence-corrected chi connectivity index (χ2v) is 10.4. The Labute approximate surface area is 217 Å². The molecule has 0 radical (unpaired) electrons. The molecular weight excluding hydrogens is 513 g/mol. The normalized spacial score (nSPS) is 12.1. The number of likely N-dealkylation sites (N-methyl/N-ethyl adjacent to an activating group) is 1. The highest BCUT2D eigenvalue weighted by Crippen LogP contribution is 2.31. The number of amides is 2. The van der Waals surface area contributed by atoms with Crippen LogP contribution < -0.4 is 14.4 Å². The Morgan fingerprint density at radius 3 is 2.20 bits per heavy atom. The van der Waals surface area contributed by atoms with Crippen molar-refractivity contribution in [3.8, 4) is 5.75 Å². The molecule has 0 heterocycles. The molecule has 0 unspecified atom stereocenters. The molecule has 2 rings (SSSR count). The van der Waals surface area contributed by atoms with Gasteiger partial charge in [0.15, 0.2) is 0 Å². The fourth-order valence-electron chi connectivity index (χ4n) is 3.60. The molecule has 0 spiro atoms. The third-order valence-electron chi connectivity index (χ3n) is 5.24. The molecule has 2 aromatic rings. The summed E-state index contributed by atoms with van der Waals surface area (Å²) in [7, 11) is -3.89. The molecule has 11 heteroatoms. The molecule has 0 fully saturated rings. The Morgan fingerprint density at radius 1 is 1.03 bits per heavy atom. The zero-order valence-corrected chi connectivity index (χ0v) is 22.6. The lowest BCUT2D eigenvalue weighted by Crippen LogP contribution is -2.52. The summed E-state index contributed by atoms with van der Waals surface area (Å²) in [6.07, 6.45) is 1.31. The number of benzene rings is 2. The molecular formula is C24H31Cl2N3O5S. The number of sulfonamides is 1. The van der Waals surface area contributed by atoms with Gasteiger partial charge in [0.25, 0.3) is 0 Å². The molecule has 0 saturated heterocycles. The minimum atomic E-state index is -3.89. The monoisotopic (exact) mass is 543 g/mol. The van der Waals surface area contributed by atoms with Crippen molar-refractivity contribution in [3.63, 3.8) is 0 Å². The number of carbonyl (C=O) groups is 2. The van der Waals surface area contributed by atoms with Crippen molar-refractivity contribution in [2.24, 2.45) is 0 Å². The molecule has 1 atom stereocenters. The van der Waals surface area contributed by atoms with E-state index in [4.69, 9.17) is 27.9 Å². The molecule has 2 amide bonds. The van der Waals surface area contributed by atoms with E-state index in [-0.39, 0.29) is 18.1 Å². The predicted octanol–water partition coefficient (Wildman–Crippen LogP) is 4.10. The Morgan fingerprint density at radius 2 is 1.66 bits per heavy atom. The van der Waals surface area contributed by atoms with E-state index in [0.717, 1.165) is 10.6 Å². The van der Waals surface area contributed by atoms with Gasteiger partial charge in [-0.15, -0.1) is 0 Å². The number of carbonyl (C=O) groups excluding carboxylic acids is 2. The summed E-state index contributed by atoms with van der Waals surface area (Å²) in [5.74, 6) is -0.618. The van der Waals surface area contributed by atoms with E-state index in [1.807, 2.05) is 0 Å². The van der Waals surface area contributed by atoms with Crippen molar-refractivity contribution in [3.05, 3.63) is 58.1 Å². The molecule has 0 aliphatic rings. The Bertz CT molecular complexity index is 1120. The van der Waals surface area contributed by atoms with Gasteiger partial charge in [0, 0.05) is 28.7 Å². The standard InChI is InChI=1S/C24H31Cl2N3O5S/c1-5-20(24(31)27-6-2)28(15-17-18(25)11-10-12-19(17)26)23(30)16-29(35(4,32)33)21-13-8-9-14-22(21)34-7-3/h8-14,20H,5-7,15-16H2,1-4H3,(H,27,31)/t20-/m1/s1. The van der Waals surface area contributed by atoms with Crippen LogP contribution in [-0.4, -0.2) is 57.1 Å². The van der Waals surface area contributed by atoms with E-state index in [1.165, 1.54) is 4.90 Å². The van der Waals surface area contributed by atoms with Crippen LogP contribution in [0.4, 0.5) is 5.69 Å². The number of hydrogen-bond donors (Lipinski definition) is 1. The SMILES string of the molecule is CCNC(=O)[C@@H](CC)N(Cc1c(Cl)cccc1Cl)C(=O)CN(c1ccccc1OCC)S(C)(=O)=O. The number of nitrogens with zero attached hydrogens (tertiary/aromatic N) is 2. The van der Waals surface area contributed by atoms with E-state index < -0.39 is 28.5 Å². The Kier molecular flexibility index (Phi) is 10.7. The van der Waals surface area contributed by atoms with E-state index in [9.17, 15) is 18.0 Å². The molecule has 0 aliphatic heterocycles. The molecule has 0 saturated carbocycles. The van der Waals surface area contributed by atoms with Crippen LogP contribution >= 0.6 is 23.2 Å². The van der Waals surface area contributed by atoms with Gasteiger partial charge >= 0.3 is 0 Å². The summed E-state index contributed by atoms with van der Waals surface area (Å²) < 4.78 is 32.1. The first-order valence-electron chi connectivity index (χ1n) is 11.2.